The highest BCUT2D eigenvalue weighted by Gasteiger charge is 2.15. The number of hydrogen-bond acceptors (Lipinski definition) is 5. The average molecular weight is 448 g/mol. The van der Waals surface area contributed by atoms with E-state index in [0.717, 1.165) is 20.3 Å². The van der Waals surface area contributed by atoms with Crippen LogP contribution in [0.4, 0.5) is 0 Å². The highest BCUT2D eigenvalue weighted by molar-refractivity contribution is 9.10. The summed E-state index contributed by atoms with van der Waals surface area (Å²) in [6.45, 7) is 2.41. The van der Waals surface area contributed by atoms with Crippen LogP contribution < -0.4 is 9.47 Å². The number of carboxylic acids is 1. The zero-order valence-corrected chi connectivity index (χ0v) is 17.3. The summed E-state index contributed by atoms with van der Waals surface area (Å²) in [6, 6.07) is 11.5. The summed E-state index contributed by atoms with van der Waals surface area (Å²) < 4.78 is 12.8. The summed E-state index contributed by atoms with van der Waals surface area (Å²) in [5.41, 5.74) is 2.30. The van der Waals surface area contributed by atoms with Gasteiger partial charge in [-0.25, -0.2) is 4.98 Å². The molecule has 0 saturated carbocycles. The second kappa shape index (κ2) is 8.54. The third-order valence-corrected chi connectivity index (χ3v) is 5.49. The molecule has 27 heavy (non-hydrogen) atoms. The van der Waals surface area contributed by atoms with E-state index in [1.54, 1.807) is 7.11 Å². The molecule has 3 aromatic rings. The molecule has 0 amide bonds. The van der Waals surface area contributed by atoms with Gasteiger partial charge in [0.2, 0.25) is 0 Å². The number of halogens is 1. The Balaban J connectivity index is 2.08. The van der Waals surface area contributed by atoms with Crippen LogP contribution in [0, 0.1) is 0 Å². The summed E-state index contributed by atoms with van der Waals surface area (Å²) in [6.07, 6.45) is 1.71. The quantitative estimate of drug-likeness (QED) is 0.518. The van der Waals surface area contributed by atoms with Gasteiger partial charge in [-0.05, 0) is 64.3 Å². The Labute approximate surface area is 169 Å². The summed E-state index contributed by atoms with van der Waals surface area (Å²) in [7, 11) is 1.57. The number of rotatable bonds is 7. The fourth-order valence-electron chi connectivity index (χ4n) is 2.67. The number of para-hydroxylation sites is 1. The Bertz CT molecular complexity index is 979. The van der Waals surface area contributed by atoms with Crippen LogP contribution in [0.5, 0.6) is 11.5 Å². The Hall–Kier alpha value is -2.38. The Morgan fingerprint density at radius 1 is 1.33 bits per heavy atom. The molecule has 0 saturated heterocycles. The topological polar surface area (TPSA) is 68.7 Å². The van der Waals surface area contributed by atoms with Crippen molar-refractivity contribution in [3.8, 4) is 11.5 Å². The predicted octanol–water partition coefficient (Wildman–Crippen LogP) is 5.48. The SMILES string of the molecule is CCOc1c(Br)cc(C=C(CC(=O)O)c2nc3ccccc3s2)cc1OC. The van der Waals surface area contributed by atoms with E-state index in [4.69, 9.17) is 9.47 Å². The molecule has 1 aromatic heterocycles. The van der Waals surface area contributed by atoms with Crippen molar-refractivity contribution < 1.29 is 19.4 Å². The van der Waals surface area contributed by atoms with E-state index in [-0.39, 0.29) is 6.42 Å². The molecular weight excluding hydrogens is 430 g/mol. The van der Waals surface area contributed by atoms with Gasteiger partial charge in [0.1, 0.15) is 5.01 Å². The van der Waals surface area contributed by atoms with Crippen LogP contribution in [0.1, 0.15) is 23.9 Å². The first-order valence-corrected chi connectivity index (χ1v) is 9.91. The number of ether oxygens (including phenoxy) is 2. The Morgan fingerprint density at radius 3 is 2.78 bits per heavy atom. The third-order valence-electron chi connectivity index (χ3n) is 3.79. The van der Waals surface area contributed by atoms with Crippen LogP contribution in [-0.4, -0.2) is 29.8 Å². The summed E-state index contributed by atoms with van der Waals surface area (Å²) in [4.78, 5) is 16.0. The summed E-state index contributed by atoms with van der Waals surface area (Å²) in [5.74, 6) is 0.297. The van der Waals surface area contributed by atoms with E-state index in [0.29, 0.717) is 28.7 Å². The van der Waals surface area contributed by atoms with Crippen molar-refractivity contribution in [2.75, 3.05) is 13.7 Å². The van der Waals surface area contributed by atoms with Crippen molar-refractivity contribution in [1.82, 2.24) is 4.98 Å². The molecule has 1 N–H and O–H groups in total. The van der Waals surface area contributed by atoms with Gasteiger partial charge < -0.3 is 14.6 Å². The molecule has 3 rings (SSSR count). The lowest BCUT2D eigenvalue weighted by Crippen LogP contribution is -1.98. The number of aliphatic carboxylic acids is 1. The highest BCUT2D eigenvalue weighted by Crippen LogP contribution is 2.38. The zero-order valence-electron chi connectivity index (χ0n) is 14.9. The van der Waals surface area contributed by atoms with E-state index >= 15 is 0 Å². The molecule has 1 heterocycles. The van der Waals surface area contributed by atoms with Gasteiger partial charge in [-0.2, -0.15) is 0 Å². The lowest BCUT2D eigenvalue weighted by molar-refractivity contribution is -0.135. The van der Waals surface area contributed by atoms with E-state index in [2.05, 4.69) is 20.9 Å². The van der Waals surface area contributed by atoms with Gasteiger partial charge in [0, 0.05) is 0 Å². The fourth-order valence-corrected chi connectivity index (χ4v) is 4.22. The molecule has 0 spiro atoms. The zero-order chi connectivity index (χ0) is 19.4. The predicted molar refractivity (Wildman–Crippen MR) is 112 cm³/mol. The van der Waals surface area contributed by atoms with Gasteiger partial charge in [-0.3, -0.25) is 4.79 Å². The van der Waals surface area contributed by atoms with Crippen molar-refractivity contribution >= 4 is 55.1 Å². The molecule has 2 aromatic carbocycles. The number of carbonyl (C=O) groups is 1. The number of nitrogens with zero attached hydrogens (tertiary/aromatic N) is 1. The number of carboxylic acid groups (broad SMARTS) is 1. The van der Waals surface area contributed by atoms with E-state index in [1.807, 2.05) is 49.4 Å². The minimum atomic E-state index is -0.905. The molecule has 7 heteroatoms. The second-order valence-corrected chi connectivity index (χ2v) is 7.58. The lowest BCUT2D eigenvalue weighted by atomic mass is 10.1. The van der Waals surface area contributed by atoms with Gasteiger partial charge in [0.25, 0.3) is 0 Å². The van der Waals surface area contributed by atoms with Crippen LogP contribution in [0.3, 0.4) is 0 Å². The third kappa shape index (κ3) is 4.48. The number of thiazole rings is 1. The van der Waals surface area contributed by atoms with Crippen LogP contribution in [0.2, 0.25) is 0 Å². The molecule has 0 aliphatic carbocycles. The molecule has 0 unspecified atom stereocenters. The Kier molecular flexibility index (Phi) is 6.13. The van der Waals surface area contributed by atoms with Gasteiger partial charge in [0.15, 0.2) is 11.5 Å². The number of aromatic nitrogens is 1. The summed E-state index contributed by atoms with van der Waals surface area (Å²) in [5, 5.41) is 10.0. The smallest absolute Gasteiger partial charge is 0.307 e. The Morgan fingerprint density at radius 2 is 2.11 bits per heavy atom. The molecule has 0 aliphatic rings. The molecule has 0 bridgehead atoms. The molecule has 0 atom stereocenters. The molecule has 5 nitrogen and oxygen atoms in total. The number of fused-ring (bicyclic) bond motifs is 1. The van der Waals surface area contributed by atoms with Gasteiger partial charge in [-0.15, -0.1) is 11.3 Å². The van der Waals surface area contributed by atoms with E-state index in [1.165, 1.54) is 11.3 Å². The largest absolute Gasteiger partial charge is 0.493 e. The van der Waals surface area contributed by atoms with Crippen molar-refractivity contribution in [1.29, 1.82) is 0 Å². The van der Waals surface area contributed by atoms with Gasteiger partial charge in [-0.1, -0.05) is 12.1 Å². The summed E-state index contributed by atoms with van der Waals surface area (Å²) >= 11 is 4.98. The monoisotopic (exact) mass is 447 g/mol. The van der Waals surface area contributed by atoms with E-state index < -0.39 is 5.97 Å². The van der Waals surface area contributed by atoms with Crippen LogP contribution in [0.15, 0.2) is 40.9 Å². The first-order valence-electron chi connectivity index (χ1n) is 8.30. The molecular formula is C20H18BrNO4S. The lowest BCUT2D eigenvalue weighted by Gasteiger charge is -2.12. The minimum absolute atomic E-state index is 0.118. The van der Waals surface area contributed by atoms with Gasteiger partial charge >= 0.3 is 5.97 Å². The van der Waals surface area contributed by atoms with Crippen LogP contribution in [0.25, 0.3) is 21.9 Å². The second-order valence-electron chi connectivity index (χ2n) is 5.69. The van der Waals surface area contributed by atoms with Crippen LogP contribution >= 0.6 is 27.3 Å². The number of methoxy groups -OCH3 is 1. The van der Waals surface area contributed by atoms with Crippen molar-refractivity contribution in [3.63, 3.8) is 0 Å². The highest BCUT2D eigenvalue weighted by atomic mass is 79.9. The van der Waals surface area contributed by atoms with Crippen molar-refractivity contribution in [2.45, 2.75) is 13.3 Å². The minimum Gasteiger partial charge on any atom is -0.493 e. The first-order chi connectivity index (χ1) is 13.0. The maximum Gasteiger partial charge on any atom is 0.307 e. The molecule has 0 aliphatic heterocycles. The normalized spacial score (nSPS) is 11.6. The van der Waals surface area contributed by atoms with Crippen molar-refractivity contribution in [3.05, 3.63) is 51.4 Å². The maximum atomic E-state index is 11.4. The molecule has 140 valence electrons. The van der Waals surface area contributed by atoms with Crippen LogP contribution in [-0.2, 0) is 4.79 Å². The molecule has 0 fully saturated rings. The standard InChI is InChI=1S/C20H18BrNO4S/c1-3-26-19-14(21)9-12(10-16(19)25-2)8-13(11-18(23)24)20-22-15-6-4-5-7-17(15)27-20/h4-10H,3,11H2,1-2H3,(H,23,24). The fraction of sp³-hybridized carbons (Fsp3) is 0.200. The number of hydrogen-bond donors (Lipinski definition) is 1. The average Bonchev–Trinajstić information content (AvgIpc) is 3.07. The van der Waals surface area contributed by atoms with Gasteiger partial charge in [0.05, 0.1) is 34.8 Å². The molecule has 0 radical (unpaired) electrons. The maximum absolute atomic E-state index is 11.4. The first kappa shape index (κ1) is 19.4. The number of benzene rings is 2. The van der Waals surface area contributed by atoms with E-state index in [9.17, 15) is 9.90 Å². The van der Waals surface area contributed by atoms with Crippen molar-refractivity contribution in [2.24, 2.45) is 0 Å².